The zero-order valence-electron chi connectivity index (χ0n) is 13.0. The first-order valence-electron chi connectivity index (χ1n) is 7.70. The van der Waals surface area contributed by atoms with E-state index < -0.39 is 0 Å². The van der Waals surface area contributed by atoms with Gasteiger partial charge < -0.3 is 14.1 Å². The molecule has 2 heterocycles. The third kappa shape index (κ3) is 3.13. The summed E-state index contributed by atoms with van der Waals surface area (Å²) in [6, 6.07) is 10.5. The summed E-state index contributed by atoms with van der Waals surface area (Å²) in [6.45, 7) is 1.06. The standard InChI is InChI=1S/C18H19NO4/c1-22-15-8-3-2-7-14(15)17(20)13-6-4-10-19(12-13)18(21)16-9-5-11-23-16/h2-3,5,7-9,11,13H,4,6,10,12H2,1H3/t13-/m1/s1. The van der Waals surface area contributed by atoms with E-state index in [9.17, 15) is 9.59 Å². The SMILES string of the molecule is COc1ccccc1C(=O)[C@@H]1CCCN(C(=O)c2ccco2)C1. The lowest BCUT2D eigenvalue weighted by Gasteiger charge is -2.31. The summed E-state index contributed by atoms with van der Waals surface area (Å²) >= 11 is 0. The normalized spacial score (nSPS) is 17.8. The Hall–Kier alpha value is -2.56. The summed E-state index contributed by atoms with van der Waals surface area (Å²) in [7, 11) is 1.56. The maximum Gasteiger partial charge on any atom is 0.289 e. The van der Waals surface area contributed by atoms with Crippen LogP contribution >= 0.6 is 0 Å². The van der Waals surface area contributed by atoms with E-state index in [2.05, 4.69) is 0 Å². The average molecular weight is 313 g/mol. The van der Waals surface area contributed by atoms with E-state index in [1.807, 2.05) is 12.1 Å². The summed E-state index contributed by atoms with van der Waals surface area (Å²) in [4.78, 5) is 26.9. The molecule has 5 nitrogen and oxygen atoms in total. The maximum absolute atomic E-state index is 12.8. The largest absolute Gasteiger partial charge is 0.496 e. The van der Waals surface area contributed by atoms with E-state index in [-0.39, 0.29) is 17.6 Å². The predicted molar refractivity (Wildman–Crippen MR) is 84.7 cm³/mol. The molecule has 3 rings (SSSR count). The molecule has 0 unspecified atom stereocenters. The molecule has 1 aliphatic heterocycles. The Morgan fingerprint density at radius 1 is 1.22 bits per heavy atom. The molecule has 1 aliphatic rings. The Balaban J connectivity index is 1.76. The number of rotatable bonds is 4. The lowest BCUT2D eigenvalue weighted by molar-refractivity contribution is 0.0610. The van der Waals surface area contributed by atoms with Gasteiger partial charge in [-0.2, -0.15) is 0 Å². The molecule has 1 amide bonds. The van der Waals surface area contributed by atoms with Crippen LogP contribution in [0.1, 0.15) is 33.8 Å². The quantitative estimate of drug-likeness (QED) is 0.814. The number of piperidine rings is 1. The highest BCUT2D eigenvalue weighted by molar-refractivity contribution is 6.01. The van der Waals surface area contributed by atoms with E-state index in [0.717, 1.165) is 12.8 Å². The minimum Gasteiger partial charge on any atom is -0.496 e. The van der Waals surface area contributed by atoms with Gasteiger partial charge in [-0.3, -0.25) is 9.59 Å². The topological polar surface area (TPSA) is 59.8 Å². The van der Waals surface area contributed by atoms with Crippen LogP contribution in [-0.4, -0.2) is 36.8 Å². The van der Waals surface area contributed by atoms with E-state index in [1.54, 1.807) is 36.3 Å². The van der Waals surface area contributed by atoms with Gasteiger partial charge >= 0.3 is 0 Å². The van der Waals surface area contributed by atoms with Crippen LogP contribution in [0.5, 0.6) is 5.75 Å². The highest BCUT2D eigenvalue weighted by Gasteiger charge is 2.31. The van der Waals surface area contributed by atoms with Crippen molar-refractivity contribution in [2.45, 2.75) is 12.8 Å². The molecule has 1 aromatic carbocycles. The van der Waals surface area contributed by atoms with Crippen LogP contribution in [0.4, 0.5) is 0 Å². The number of methoxy groups -OCH3 is 1. The third-order valence-corrected chi connectivity index (χ3v) is 4.18. The molecule has 1 fully saturated rings. The van der Waals surface area contributed by atoms with Crippen LogP contribution < -0.4 is 4.74 Å². The zero-order valence-corrected chi connectivity index (χ0v) is 13.0. The van der Waals surface area contributed by atoms with Gasteiger partial charge in [0, 0.05) is 19.0 Å². The number of carbonyl (C=O) groups excluding carboxylic acids is 2. The number of likely N-dealkylation sites (tertiary alicyclic amines) is 1. The Labute approximate surface area is 134 Å². The zero-order chi connectivity index (χ0) is 16.2. The monoisotopic (exact) mass is 313 g/mol. The van der Waals surface area contributed by atoms with Gasteiger partial charge in [-0.05, 0) is 37.1 Å². The second-order valence-corrected chi connectivity index (χ2v) is 5.63. The van der Waals surface area contributed by atoms with Crippen molar-refractivity contribution in [3.63, 3.8) is 0 Å². The summed E-state index contributed by atoms with van der Waals surface area (Å²) < 4.78 is 10.4. The third-order valence-electron chi connectivity index (χ3n) is 4.18. The van der Waals surface area contributed by atoms with Crippen molar-refractivity contribution >= 4 is 11.7 Å². The van der Waals surface area contributed by atoms with Crippen molar-refractivity contribution in [2.24, 2.45) is 5.92 Å². The van der Waals surface area contributed by atoms with E-state index in [1.165, 1.54) is 6.26 Å². The predicted octanol–water partition coefficient (Wildman–Crippen LogP) is 3.02. The van der Waals surface area contributed by atoms with E-state index >= 15 is 0 Å². The number of Topliss-reactive ketones (excluding diaryl/α,β-unsaturated/α-hetero) is 1. The molecule has 120 valence electrons. The van der Waals surface area contributed by atoms with Crippen molar-refractivity contribution in [3.05, 3.63) is 54.0 Å². The van der Waals surface area contributed by atoms with Gasteiger partial charge in [0.1, 0.15) is 5.75 Å². The molecule has 1 atom stereocenters. The fourth-order valence-corrected chi connectivity index (χ4v) is 3.00. The number of benzene rings is 1. The average Bonchev–Trinajstić information content (AvgIpc) is 3.15. The van der Waals surface area contributed by atoms with Gasteiger partial charge in [0.15, 0.2) is 11.5 Å². The number of furan rings is 1. The molecule has 0 radical (unpaired) electrons. The highest BCUT2D eigenvalue weighted by atomic mass is 16.5. The first-order chi connectivity index (χ1) is 11.2. The lowest BCUT2D eigenvalue weighted by Crippen LogP contribution is -2.42. The molecule has 0 saturated carbocycles. The molecule has 5 heteroatoms. The van der Waals surface area contributed by atoms with Gasteiger partial charge in [0.2, 0.25) is 0 Å². The van der Waals surface area contributed by atoms with Crippen LogP contribution in [0.15, 0.2) is 47.1 Å². The van der Waals surface area contributed by atoms with Gasteiger partial charge in [-0.25, -0.2) is 0 Å². The number of amides is 1. The van der Waals surface area contributed by atoms with Crippen LogP contribution in [0.25, 0.3) is 0 Å². The second kappa shape index (κ2) is 6.69. The van der Waals surface area contributed by atoms with E-state index in [0.29, 0.717) is 30.2 Å². The molecule has 0 N–H and O–H groups in total. The molecule has 1 aromatic heterocycles. The smallest absolute Gasteiger partial charge is 0.289 e. The summed E-state index contributed by atoms with van der Waals surface area (Å²) in [5.74, 6) is 0.549. The first-order valence-corrected chi connectivity index (χ1v) is 7.70. The summed E-state index contributed by atoms with van der Waals surface area (Å²) in [6.07, 6.45) is 3.06. The Bertz CT molecular complexity index is 693. The van der Waals surface area contributed by atoms with Gasteiger partial charge in [-0.15, -0.1) is 0 Å². The fourth-order valence-electron chi connectivity index (χ4n) is 3.00. The molecule has 0 aliphatic carbocycles. The Morgan fingerprint density at radius 3 is 2.78 bits per heavy atom. The van der Waals surface area contributed by atoms with Crippen LogP contribution in [-0.2, 0) is 0 Å². The van der Waals surface area contributed by atoms with Gasteiger partial charge in [0.25, 0.3) is 5.91 Å². The minimum atomic E-state index is -0.209. The van der Waals surface area contributed by atoms with Gasteiger partial charge in [-0.1, -0.05) is 12.1 Å². The number of para-hydroxylation sites is 1. The molecule has 2 aromatic rings. The number of carbonyl (C=O) groups is 2. The summed E-state index contributed by atoms with van der Waals surface area (Å²) in [5, 5.41) is 0. The minimum absolute atomic E-state index is 0.0272. The summed E-state index contributed by atoms with van der Waals surface area (Å²) in [5.41, 5.74) is 0.576. The highest BCUT2D eigenvalue weighted by Crippen LogP contribution is 2.26. The van der Waals surface area contributed by atoms with Crippen molar-refractivity contribution in [1.82, 2.24) is 4.90 Å². The lowest BCUT2D eigenvalue weighted by atomic mass is 9.89. The molecule has 0 bridgehead atoms. The van der Waals surface area contributed by atoms with Crippen molar-refractivity contribution in [1.29, 1.82) is 0 Å². The first kappa shape index (κ1) is 15.3. The molecule has 0 spiro atoms. The molecular weight excluding hydrogens is 294 g/mol. The maximum atomic E-state index is 12.8. The number of nitrogens with zero attached hydrogens (tertiary/aromatic N) is 1. The molecular formula is C18H19NO4. The second-order valence-electron chi connectivity index (χ2n) is 5.63. The van der Waals surface area contributed by atoms with Crippen molar-refractivity contribution in [3.8, 4) is 5.75 Å². The van der Waals surface area contributed by atoms with Crippen LogP contribution in [0, 0.1) is 5.92 Å². The van der Waals surface area contributed by atoms with E-state index in [4.69, 9.17) is 9.15 Å². The number of ketones is 1. The number of ether oxygens (including phenoxy) is 1. The van der Waals surface area contributed by atoms with Crippen molar-refractivity contribution in [2.75, 3.05) is 20.2 Å². The van der Waals surface area contributed by atoms with Gasteiger partial charge in [0.05, 0.1) is 18.9 Å². The fraction of sp³-hybridized carbons (Fsp3) is 0.333. The van der Waals surface area contributed by atoms with Crippen LogP contribution in [0.2, 0.25) is 0 Å². The van der Waals surface area contributed by atoms with Crippen molar-refractivity contribution < 1.29 is 18.7 Å². The number of hydrogen-bond donors (Lipinski definition) is 0. The Morgan fingerprint density at radius 2 is 2.04 bits per heavy atom. The van der Waals surface area contributed by atoms with Crippen LogP contribution in [0.3, 0.4) is 0 Å². The molecule has 23 heavy (non-hydrogen) atoms. The number of hydrogen-bond acceptors (Lipinski definition) is 4. The molecule has 1 saturated heterocycles. The Kier molecular flexibility index (Phi) is 4.46.